The van der Waals surface area contributed by atoms with Crippen molar-refractivity contribution in [1.82, 2.24) is 5.32 Å². The zero-order valence-corrected chi connectivity index (χ0v) is 11.0. The molecule has 0 aliphatic carbocycles. The highest BCUT2D eigenvalue weighted by molar-refractivity contribution is 6.01. The molecular formula is C11H19NO6. The number of ether oxygens (including phenoxy) is 3. The van der Waals surface area contributed by atoms with Gasteiger partial charge in [-0.15, -0.1) is 0 Å². The van der Waals surface area contributed by atoms with Crippen molar-refractivity contribution in [3.05, 3.63) is 0 Å². The zero-order chi connectivity index (χ0) is 14.1. The Balaban J connectivity index is 4.61. The summed E-state index contributed by atoms with van der Waals surface area (Å²) in [5.74, 6) is -1.76. The summed E-state index contributed by atoms with van der Waals surface area (Å²) in [6.07, 6.45) is -1.24. The third-order valence-electron chi connectivity index (χ3n) is 1.65. The maximum Gasteiger partial charge on any atom is 0.408 e. The van der Waals surface area contributed by atoms with E-state index in [1.54, 1.807) is 27.7 Å². The molecule has 18 heavy (non-hydrogen) atoms. The van der Waals surface area contributed by atoms with Crippen LogP contribution in [0.15, 0.2) is 0 Å². The molecule has 0 aliphatic heterocycles. The maximum absolute atomic E-state index is 11.5. The van der Waals surface area contributed by atoms with Crippen LogP contribution in [0.4, 0.5) is 4.79 Å². The van der Waals surface area contributed by atoms with E-state index in [1.165, 1.54) is 0 Å². The average Bonchev–Trinajstić information content (AvgIpc) is 2.25. The van der Waals surface area contributed by atoms with Gasteiger partial charge in [0.25, 0.3) is 0 Å². The van der Waals surface area contributed by atoms with Crippen molar-refractivity contribution in [2.75, 3.05) is 13.2 Å². The number of amides is 1. The number of hydrogen-bond donors (Lipinski definition) is 1. The van der Waals surface area contributed by atoms with Gasteiger partial charge in [0, 0.05) is 0 Å². The van der Waals surface area contributed by atoms with Crippen molar-refractivity contribution in [2.45, 2.75) is 39.8 Å². The van der Waals surface area contributed by atoms with Gasteiger partial charge in [-0.25, -0.2) is 14.4 Å². The van der Waals surface area contributed by atoms with E-state index in [2.05, 4.69) is 14.8 Å². The summed E-state index contributed by atoms with van der Waals surface area (Å²) in [5.41, 5.74) is 0. The number of rotatable bonds is 6. The number of hydrogen-bond acceptors (Lipinski definition) is 6. The summed E-state index contributed by atoms with van der Waals surface area (Å²) in [7, 11) is 0. The van der Waals surface area contributed by atoms with Gasteiger partial charge in [-0.1, -0.05) is 0 Å². The molecule has 0 aromatic rings. The number of carbonyl (C=O) groups excluding carboxylic acids is 3. The van der Waals surface area contributed by atoms with E-state index in [-0.39, 0.29) is 19.3 Å². The Morgan fingerprint density at radius 2 is 1.44 bits per heavy atom. The number of nitrogens with one attached hydrogen (secondary N) is 1. The van der Waals surface area contributed by atoms with Crippen LogP contribution in [0.25, 0.3) is 0 Å². The molecule has 0 aromatic carbocycles. The lowest BCUT2D eigenvalue weighted by Crippen LogP contribution is -2.48. The Morgan fingerprint density at radius 1 is 1.00 bits per heavy atom. The van der Waals surface area contributed by atoms with E-state index in [9.17, 15) is 14.4 Å². The predicted molar refractivity (Wildman–Crippen MR) is 61.8 cm³/mol. The van der Waals surface area contributed by atoms with Gasteiger partial charge in [0.2, 0.25) is 6.04 Å². The average molecular weight is 261 g/mol. The highest BCUT2D eigenvalue weighted by Crippen LogP contribution is 1.97. The summed E-state index contributed by atoms with van der Waals surface area (Å²) in [4.78, 5) is 34.3. The van der Waals surface area contributed by atoms with Crippen LogP contribution < -0.4 is 5.32 Å². The summed E-state index contributed by atoms with van der Waals surface area (Å²) in [5, 5.41) is 2.11. The lowest BCUT2D eigenvalue weighted by atomic mass is 10.3. The second-order valence-electron chi connectivity index (χ2n) is 3.54. The lowest BCUT2D eigenvalue weighted by molar-refractivity contribution is -0.157. The number of carbonyl (C=O) groups is 3. The van der Waals surface area contributed by atoms with E-state index >= 15 is 0 Å². The fourth-order valence-corrected chi connectivity index (χ4v) is 1.03. The highest BCUT2D eigenvalue weighted by Gasteiger charge is 2.31. The zero-order valence-electron chi connectivity index (χ0n) is 11.0. The standard InChI is InChI=1S/C11H19NO6/c1-5-16-9(13)8(10(14)17-6-2)12-11(15)18-7(3)4/h7-8H,5-6H2,1-4H3,(H,12,15). The number of esters is 2. The van der Waals surface area contributed by atoms with E-state index in [1.807, 2.05) is 0 Å². The van der Waals surface area contributed by atoms with Gasteiger partial charge < -0.3 is 14.2 Å². The molecule has 7 nitrogen and oxygen atoms in total. The van der Waals surface area contributed by atoms with Crippen LogP contribution in [0, 0.1) is 0 Å². The molecule has 0 aromatic heterocycles. The fourth-order valence-electron chi connectivity index (χ4n) is 1.03. The van der Waals surface area contributed by atoms with Crippen LogP contribution in [0.2, 0.25) is 0 Å². The molecule has 7 heteroatoms. The van der Waals surface area contributed by atoms with Crippen LogP contribution in [-0.4, -0.2) is 43.4 Å². The van der Waals surface area contributed by atoms with Gasteiger partial charge in [0.05, 0.1) is 19.3 Å². The first-order valence-electron chi connectivity index (χ1n) is 5.72. The summed E-state index contributed by atoms with van der Waals surface area (Å²) in [6, 6.07) is -1.50. The Kier molecular flexibility index (Phi) is 7.50. The maximum atomic E-state index is 11.5. The Hall–Kier alpha value is -1.79. The van der Waals surface area contributed by atoms with E-state index in [4.69, 9.17) is 4.74 Å². The summed E-state index contributed by atoms with van der Waals surface area (Å²) >= 11 is 0. The van der Waals surface area contributed by atoms with Crippen molar-refractivity contribution >= 4 is 18.0 Å². The molecule has 0 saturated heterocycles. The van der Waals surface area contributed by atoms with Crippen molar-refractivity contribution in [3.63, 3.8) is 0 Å². The largest absolute Gasteiger partial charge is 0.464 e. The quantitative estimate of drug-likeness (QED) is 0.428. The summed E-state index contributed by atoms with van der Waals surface area (Å²) < 4.78 is 14.1. The monoisotopic (exact) mass is 261 g/mol. The molecule has 0 atom stereocenters. The SMILES string of the molecule is CCOC(=O)C(NC(=O)OC(C)C)C(=O)OCC. The van der Waals surface area contributed by atoms with Crippen LogP contribution in [0.1, 0.15) is 27.7 Å². The molecule has 0 bridgehead atoms. The highest BCUT2D eigenvalue weighted by atomic mass is 16.6. The molecule has 0 aliphatic rings. The molecule has 0 rings (SSSR count). The molecule has 0 saturated carbocycles. The van der Waals surface area contributed by atoms with Gasteiger partial charge in [-0.05, 0) is 27.7 Å². The van der Waals surface area contributed by atoms with Crippen molar-refractivity contribution in [1.29, 1.82) is 0 Å². The molecule has 104 valence electrons. The first kappa shape index (κ1) is 16.2. The normalized spacial score (nSPS) is 10.1. The van der Waals surface area contributed by atoms with Crippen molar-refractivity contribution in [3.8, 4) is 0 Å². The Morgan fingerprint density at radius 3 is 1.78 bits per heavy atom. The van der Waals surface area contributed by atoms with E-state index < -0.39 is 24.1 Å². The van der Waals surface area contributed by atoms with Crippen LogP contribution in [0.3, 0.4) is 0 Å². The molecule has 0 radical (unpaired) electrons. The van der Waals surface area contributed by atoms with Crippen LogP contribution in [-0.2, 0) is 23.8 Å². The number of alkyl carbamates (subject to hydrolysis) is 1. The fraction of sp³-hybridized carbons (Fsp3) is 0.727. The second kappa shape index (κ2) is 8.32. The van der Waals surface area contributed by atoms with Gasteiger partial charge in [-0.3, -0.25) is 5.32 Å². The lowest BCUT2D eigenvalue weighted by Gasteiger charge is -2.16. The van der Waals surface area contributed by atoms with E-state index in [0.717, 1.165) is 0 Å². The molecule has 0 heterocycles. The van der Waals surface area contributed by atoms with Crippen molar-refractivity contribution in [2.24, 2.45) is 0 Å². The molecule has 0 spiro atoms. The van der Waals surface area contributed by atoms with Crippen molar-refractivity contribution < 1.29 is 28.6 Å². The Bertz CT molecular complexity index is 284. The third-order valence-corrected chi connectivity index (χ3v) is 1.65. The molecule has 1 amide bonds. The molecular weight excluding hydrogens is 242 g/mol. The molecule has 1 N–H and O–H groups in total. The van der Waals surface area contributed by atoms with Crippen LogP contribution in [0.5, 0.6) is 0 Å². The minimum absolute atomic E-state index is 0.0929. The summed E-state index contributed by atoms with van der Waals surface area (Å²) in [6.45, 7) is 6.65. The topological polar surface area (TPSA) is 90.9 Å². The van der Waals surface area contributed by atoms with E-state index in [0.29, 0.717) is 0 Å². The van der Waals surface area contributed by atoms with Gasteiger partial charge >= 0.3 is 18.0 Å². The van der Waals surface area contributed by atoms with Crippen LogP contribution >= 0.6 is 0 Å². The van der Waals surface area contributed by atoms with Gasteiger partial charge in [0.15, 0.2) is 0 Å². The first-order chi connectivity index (χ1) is 8.42. The third kappa shape index (κ3) is 6.07. The molecule has 0 unspecified atom stereocenters. The minimum Gasteiger partial charge on any atom is -0.464 e. The second-order valence-corrected chi connectivity index (χ2v) is 3.54. The predicted octanol–water partition coefficient (Wildman–Crippen LogP) is 0.616. The first-order valence-corrected chi connectivity index (χ1v) is 5.72. The van der Waals surface area contributed by atoms with Gasteiger partial charge in [0.1, 0.15) is 0 Å². The minimum atomic E-state index is -1.50. The van der Waals surface area contributed by atoms with Gasteiger partial charge in [-0.2, -0.15) is 0 Å². The Labute approximate surface area is 106 Å². The smallest absolute Gasteiger partial charge is 0.408 e. The molecule has 0 fully saturated rings.